The third kappa shape index (κ3) is 4.44. The first-order chi connectivity index (χ1) is 11.4. The number of nitrogens with zero attached hydrogens (tertiary/aromatic N) is 1. The Labute approximate surface area is 137 Å². The highest BCUT2D eigenvalue weighted by Gasteiger charge is 2.19. The van der Waals surface area contributed by atoms with Gasteiger partial charge in [0.2, 0.25) is 0 Å². The summed E-state index contributed by atoms with van der Waals surface area (Å²) in [5.41, 5.74) is 1.91. The van der Waals surface area contributed by atoms with Gasteiger partial charge < -0.3 is 19.5 Å². The minimum Gasteiger partial charge on any atom is -0.494 e. The molecule has 1 aromatic carbocycles. The molecule has 2 aliphatic heterocycles. The lowest BCUT2D eigenvalue weighted by Crippen LogP contribution is -2.27. The molecule has 124 valence electrons. The van der Waals surface area contributed by atoms with Gasteiger partial charge in [-0.25, -0.2) is 0 Å². The van der Waals surface area contributed by atoms with Crippen molar-refractivity contribution in [2.24, 2.45) is 0 Å². The minimum absolute atomic E-state index is 0.0736. The van der Waals surface area contributed by atoms with Gasteiger partial charge in [-0.3, -0.25) is 0 Å². The van der Waals surface area contributed by atoms with Crippen molar-refractivity contribution in [3.05, 3.63) is 29.3 Å². The van der Waals surface area contributed by atoms with Crippen LogP contribution in [-0.2, 0) is 9.47 Å². The van der Waals surface area contributed by atoms with E-state index in [1.54, 1.807) is 0 Å². The average Bonchev–Trinajstić information content (AvgIpc) is 3.13. The van der Waals surface area contributed by atoms with E-state index in [0.717, 1.165) is 55.6 Å². The first-order valence-corrected chi connectivity index (χ1v) is 8.47. The summed E-state index contributed by atoms with van der Waals surface area (Å²) in [4.78, 5) is 0. The second-order valence-electron chi connectivity index (χ2n) is 6.05. The summed E-state index contributed by atoms with van der Waals surface area (Å²) in [6.45, 7) is 4.05. The Bertz CT molecular complexity index is 544. The Balaban J connectivity index is 1.52. The highest BCUT2D eigenvalue weighted by molar-refractivity contribution is 5.45. The highest BCUT2D eigenvalue weighted by atomic mass is 16.7. The zero-order valence-corrected chi connectivity index (χ0v) is 13.4. The van der Waals surface area contributed by atoms with Gasteiger partial charge in [-0.15, -0.1) is 0 Å². The van der Waals surface area contributed by atoms with E-state index < -0.39 is 0 Å². The van der Waals surface area contributed by atoms with Crippen molar-refractivity contribution in [2.75, 3.05) is 32.9 Å². The van der Waals surface area contributed by atoms with Crippen LogP contribution < -0.4 is 10.1 Å². The lowest BCUT2D eigenvalue weighted by Gasteiger charge is -2.24. The summed E-state index contributed by atoms with van der Waals surface area (Å²) in [5, 5.41) is 12.8. The van der Waals surface area contributed by atoms with Crippen LogP contribution in [0.4, 0.5) is 0 Å². The summed E-state index contributed by atoms with van der Waals surface area (Å²) < 4.78 is 16.6. The van der Waals surface area contributed by atoms with Crippen LogP contribution in [0.5, 0.6) is 5.75 Å². The van der Waals surface area contributed by atoms with Crippen molar-refractivity contribution in [3.63, 3.8) is 0 Å². The second-order valence-corrected chi connectivity index (χ2v) is 6.05. The molecular weight excluding hydrogens is 292 g/mol. The van der Waals surface area contributed by atoms with Gasteiger partial charge in [-0.1, -0.05) is 6.07 Å². The molecule has 0 radical (unpaired) electrons. The topological polar surface area (TPSA) is 63.5 Å². The monoisotopic (exact) mass is 316 g/mol. The number of piperidine rings is 1. The normalized spacial score (nSPS) is 19.6. The lowest BCUT2D eigenvalue weighted by molar-refractivity contribution is -0.0492. The molecule has 2 heterocycles. The van der Waals surface area contributed by atoms with E-state index in [-0.39, 0.29) is 6.29 Å². The summed E-state index contributed by atoms with van der Waals surface area (Å²) >= 11 is 0. The summed E-state index contributed by atoms with van der Waals surface area (Å²) in [6, 6.07) is 8.25. The molecule has 0 saturated carbocycles. The molecule has 5 nitrogen and oxygen atoms in total. The number of hydrogen-bond acceptors (Lipinski definition) is 5. The Morgan fingerprint density at radius 1 is 1.22 bits per heavy atom. The van der Waals surface area contributed by atoms with Crippen LogP contribution in [0, 0.1) is 11.3 Å². The molecule has 2 fully saturated rings. The van der Waals surface area contributed by atoms with Crippen LogP contribution in [0.2, 0.25) is 0 Å². The number of nitrogens with one attached hydrogen (secondary N) is 1. The largest absolute Gasteiger partial charge is 0.494 e. The number of nitriles is 1. The van der Waals surface area contributed by atoms with E-state index in [4.69, 9.17) is 14.2 Å². The zero-order valence-electron chi connectivity index (χ0n) is 13.4. The van der Waals surface area contributed by atoms with Gasteiger partial charge in [0.15, 0.2) is 6.29 Å². The van der Waals surface area contributed by atoms with Crippen LogP contribution in [0.15, 0.2) is 18.2 Å². The van der Waals surface area contributed by atoms with E-state index in [1.807, 2.05) is 12.1 Å². The van der Waals surface area contributed by atoms with Gasteiger partial charge >= 0.3 is 0 Å². The highest BCUT2D eigenvalue weighted by Crippen LogP contribution is 2.30. The van der Waals surface area contributed by atoms with Gasteiger partial charge in [0.1, 0.15) is 5.75 Å². The second kappa shape index (κ2) is 8.30. The molecular formula is C18H24N2O3. The maximum absolute atomic E-state index is 9.43. The fraction of sp³-hybridized carbons (Fsp3) is 0.611. The molecule has 2 aliphatic rings. The van der Waals surface area contributed by atoms with Crippen molar-refractivity contribution in [1.82, 2.24) is 5.32 Å². The van der Waals surface area contributed by atoms with Gasteiger partial charge in [0.25, 0.3) is 0 Å². The predicted octanol–water partition coefficient (Wildman–Crippen LogP) is 2.56. The summed E-state index contributed by atoms with van der Waals surface area (Å²) in [6.07, 6.45) is 3.84. The average molecular weight is 316 g/mol. The molecule has 0 aromatic heterocycles. The van der Waals surface area contributed by atoms with Crippen molar-refractivity contribution in [3.8, 4) is 11.8 Å². The fourth-order valence-corrected chi connectivity index (χ4v) is 3.22. The quantitative estimate of drug-likeness (QED) is 0.817. The van der Waals surface area contributed by atoms with E-state index in [9.17, 15) is 5.26 Å². The van der Waals surface area contributed by atoms with E-state index in [2.05, 4.69) is 17.5 Å². The number of hydrogen-bond donors (Lipinski definition) is 1. The number of benzene rings is 1. The summed E-state index contributed by atoms with van der Waals surface area (Å²) in [7, 11) is 0. The molecule has 0 aliphatic carbocycles. The smallest absolute Gasteiger partial charge is 0.157 e. The summed E-state index contributed by atoms with van der Waals surface area (Å²) in [5.74, 6) is 1.25. The van der Waals surface area contributed by atoms with Gasteiger partial charge in [0, 0.05) is 6.42 Å². The molecule has 0 spiro atoms. The van der Waals surface area contributed by atoms with Crippen molar-refractivity contribution >= 4 is 0 Å². The molecule has 1 N–H and O–H groups in total. The van der Waals surface area contributed by atoms with E-state index in [1.165, 1.54) is 0 Å². The Morgan fingerprint density at radius 2 is 2.00 bits per heavy atom. The van der Waals surface area contributed by atoms with Crippen LogP contribution in [0.25, 0.3) is 0 Å². The third-order valence-electron chi connectivity index (χ3n) is 4.47. The molecule has 0 atom stereocenters. The van der Waals surface area contributed by atoms with Crippen LogP contribution in [0.1, 0.15) is 42.7 Å². The Kier molecular flexibility index (Phi) is 5.87. The van der Waals surface area contributed by atoms with E-state index in [0.29, 0.717) is 25.7 Å². The van der Waals surface area contributed by atoms with Crippen LogP contribution in [-0.4, -0.2) is 39.2 Å². The Hall–Kier alpha value is -1.61. The molecule has 3 rings (SSSR count). The van der Waals surface area contributed by atoms with Crippen LogP contribution in [0.3, 0.4) is 0 Å². The first-order valence-electron chi connectivity index (χ1n) is 8.47. The fourth-order valence-electron chi connectivity index (χ4n) is 3.22. The van der Waals surface area contributed by atoms with Gasteiger partial charge in [-0.2, -0.15) is 5.26 Å². The maximum atomic E-state index is 9.43. The standard InChI is InChI=1S/C18H24N2O3/c19-13-15-12-16(21-9-1-2-18-22-10-11-23-18)3-4-17(15)14-5-7-20-8-6-14/h3-4,12,14,18,20H,1-2,5-11H2. The minimum atomic E-state index is -0.0736. The first kappa shape index (κ1) is 16.3. The van der Waals surface area contributed by atoms with Crippen LogP contribution >= 0.6 is 0 Å². The maximum Gasteiger partial charge on any atom is 0.157 e. The van der Waals surface area contributed by atoms with Crippen molar-refractivity contribution < 1.29 is 14.2 Å². The molecule has 5 heteroatoms. The van der Waals surface area contributed by atoms with E-state index >= 15 is 0 Å². The van der Waals surface area contributed by atoms with Gasteiger partial charge in [-0.05, 0) is 56.0 Å². The molecule has 23 heavy (non-hydrogen) atoms. The number of ether oxygens (including phenoxy) is 3. The molecule has 1 aromatic rings. The third-order valence-corrected chi connectivity index (χ3v) is 4.47. The van der Waals surface area contributed by atoms with Gasteiger partial charge in [0.05, 0.1) is 31.5 Å². The predicted molar refractivity (Wildman–Crippen MR) is 86.4 cm³/mol. The van der Waals surface area contributed by atoms with Crippen molar-refractivity contribution in [1.29, 1.82) is 5.26 Å². The SMILES string of the molecule is N#Cc1cc(OCCCC2OCCO2)ccc1C1CCNCC1. The molecule has 0 amide bonds. The molecule has 2 saturated heterocycles. The molecule has 0 unspecified atom stereocenters. The number of rotatable bonds is 6. The van der Waals surface area contributed by atoms with Crippen molar-refractivity contribution in [2.45, 2.75) is 37.9 Å². The Morgan fingerprint density at radius 3 is 2.74 bits per heavy atom. The molecule has 0 bridgehead atoms. The lowest BCUT2D eigenvalue weighted by atomic mass is 9.87. The zero-order chi connectivity index (χ0) is 15.9.